The Labute approximate surface area is 150 Å². The number of hydrogen-bond acceptors (Lipinski definition) is 3. The van der Waals surface area contributed by atoms with Gasteiger partial charge in [0.15, 0.2) is 0 Å². The van der Waals surface area contributed by atoms with Crippen LogP contribution in [0.15, 0.2) is 53.0 Å². The molecule has 0 saturated carbocycles. The molecular weight excluding hydrogens is 368 g/mol. The van der Waals surface area contributed by atoms with Crippen molar-refractivity contribution in [1.29, 1.82) is 0 Å². The highest BCUT2D eigenvalue weighted by Gasteiger charge is 2.27. The number of amides is 1. The SMILES string of the molecule is COc1cccc([C@@H]2CCCN2CC(=O)Nc2ccccc2Br)c1. The molecule has 1 saturated heterocycles. The Kier molecular flexibility index (Phi) is 5.53. The van der Waals surface area contributed by atoms with Gasteiger partial charge in [0, 0.05) is 10.5 Å². The molecule has 4 nitrogen and oxygen atoms in total. The Balaban J connectivity index is 1.67. The molecule has 1 heterocycles. The summed E-state index contributed by atoms with van der Waals surface area (Å²) in [6, 6.07) is 16.1. The van der Waals surface area contributed by atoms with Crippen LogP contribution < -0.4 is 10.1 Å². The highest BCUT2D eigenvalue weighted by atomic mass is 79.9. The minimum Gasteiger partial charge on any atom is -0.497 e. The van der Waals surface area contributed by atoms with E-state index in [2.05, 4.69) is 38.3 Å². The second-order valence-electron chi connectivity index (χ2n) is 5.93. The molecule has 0 aromatic heterocycles. The van der Waals surface area contributed by atoms with Crippen molar-refractivity contribution in [1.82, 2.24) is 4.90 Å². The normalized spacial score (nSPS) is 17.7. The maximum atomic E-state index is 12.4. The second-order valence-corrected chi connectivity index (χ2v) is 6.79. The predicted molar refractivity (Wildman–Crippen MR) is 99.3 cm³/mol. The van der Waals surface area contributed by atoms with Crippen LogP contribution in [0.2, 0.25) is 0 Å². The third kappa shape index (κ3) is 3.97. The molecule has 1 aliphatic rings. The number of rotatable bonds is 5. The average Bonchev–Trinajstić information content (AvgIpc) is 3.05. The van der Waals surface area contributed by atoms with E-state index in [0.29, 0.717) is 6.54 Å². The first-order valence-electron chi connectivity index (χ1n) is 8.10. The number of hydrogen-bond donors (Lipinski definition) is 1. The first-order chi connectivity index (χ1) is 11.7. The van der Waals surface area contributed by atoms with Crippen LogP contribution in [0.4, 0.5) is 5.69 Å². The first-order valence-corrected chi connectivity index (χ1v) is 8.89. The van der Waals surface area contributed by atoms with Crippen LogP contribution in [0, 0.1) is 0 Å². The third-order valence-electron chi connectivity index (χ3n) is 4.34. The zero-order valence-electron chi connectivity index (χ0n) is 13.7. The number of carbonyl (C=O) groups excluding carboxylic acids is 1. The van der Waals surface area contributed by atoms with Crippen molar-refractivity contribution < 1.29 is 9.53 Å². The summed E-state index contributed by atoms with van der Waals surface area (Å²) in [6.07, 6.45) is 2.17. The van der Waals surface area contributed by atoms with E-state index in [9.17, 15) is 4.79 Å². The fraction of sp³-hybridized carbons (Fsp3) is 0.316. The lowest BCUT2D eigenvalue weighted by Crippen LogP contribution is -2.33. The van der Waals surface area contributed by atoms with E-state index >= 15 is 0 Å². The van der Waals surface area contributed by atoms with Crippen molar-refractivity contribution >= 4 is 27.5 Å². The molecule has 2 aromatic carbocycles. The van der Waals surface area contributed by atoms with Gasteiger partial charge in [0.1, 0.15) is 5.75 Å². The van der Waals surface area contributed by atoms with Crippen LogP contribution in [0.5, 0.6) is 5.75 Å². The number of halogens is 1. The molecule has 0 spiro atoms. The lowest BCUT2D eigenvalue weighted by molar-refractivity contribution is -0.117. The lowest BCUT2D eigenvalue weighted by Gasteiger charge is -2.24. The molecule has 5 heteroatoms. The number of carbonyl (C=O) groups is 1. The zero-order valence-corrected chi connectivity index (χ0v) is 15.3. The third-order valence-corrected chi connectivity index (χ3v) is 5.03. The standard InChI is InChI=1S/C19H21BrN2O2/c1-24-15-7-4-6-14(12-15)18-10-5-11-22(18)13-19(23)21-17-9-3-2-8-16(17)20/h2-4,6-9,12,18H,5,10-11,13H2,1H3,(H,21,23)/t18-/m0/s1. The summed E-state index contributed by atoms with van der Waals surface area (Å²) in [5.41, 5.74) is 2.01. The van der Waals surface area contributed by atoms with Gasteiger partial charge in [0.05, 0.1) is 19.3 Å². The summed E-state index contributed by atoms with van der Waals surface area (Å²) >= 11 is 3.46. The Morgan fingerprint density at radius 1 is 1.29 bits per heavy atom. The van der Waals surface area contributed by atoms with Gasteiger partial charge in [-0.05, 0) is 65.1 Å². The molecule has 0 unspecified atom stereocenters. The summed E-state index contributed by atoms with van der Waals surface area (Å²) in [5.74, 6) is 0.869. The molecular formula is C19H21BrN2O2. The molecule has 0 aliphatic carbocycles. The quantitative estimate of drug-likeness (QED) is 0.832. The summed E-state index contributed by atoms with van der Waals surface area (Å²) < 4.78 is 6.21. The zero-order chi connectivity index (χ0) is 16.9. The van der Waals surface area contributed by atoms with Gasteiger partial charge in [-0.3, -0.25) is 9.69 Å². The van der Waals surface area contributed by atoms with Crippen molar-refractivity contribution in [2.75, 3.05) is 25.5 Å². The first kappa shape index (κ1) is 17.0. The highest BCUT2D eigenvalue weighted by molar-refractivity contribution is 9.10. The average molecular weight is 389 g/mol. The molecule has 1 aliphatic heterocycles. The van der Waals surface area contributed by atoms with Crippen molar-refractivity contribution in [3.8, 4) is 5.75 Å². The van der Waals surface area contributed by atoms with Crippen LogP contribution in [0.1, 0.15) is 24.4 Å². The van der Waals surface area contributed by atoms with Gasteiger partial charge >= 0.3 is 0 Å². The van der Waals surface area contributed by atoms with Crippen LogP contribution >= 0.6 is 15.9 Å². The van der Waals surface area contributed by atoms with Crippen molar-refractivity contribution in [3.05, 3.63) is 58.6 Å². The van der Waals surface area contributed by atoms with E-state index in [1.54, 1.807) is 7.11 Å². The molecule has 1 fully saturated rings. The number of nitrogens with one attached hydrogen (secondary N) is 1. The van der Waals surface area contributed by atoms with E-state index < -0.39 is 0 Å². The fourth-order valence-corrected chi connectivity index (χ4v) is 3.56. The molecule has 1 amide bonds. The Morgan fingerprint density at radius 3 is 2.92 bits per heavy atom. The number of para-hydroxylation sites is 1. The number of likely N-dealkylation sites (tertiary alicyclic amines) is 1. The van der Waals surface area contributed by atoms with Crippen molar-refractivity contribution in [3.63, 3.8) is 0 Å². The van der Waals surface area contributed by atoms with Crippen LogP contribution in [-0.2, 0) is 4.79 Å². The van der Waals surface area contributed by atoms with Gasteiger partial charge in [-0.25, -0.2) is 0 Å². The van der Waals surface area contributed by atoms with Crippen molar-refractivity contribution in [2.45, 2.75) is 18.9 Å². The van der Waals surface area contributed by atoms with E-state index in [1.807, 2.05) is 36.4 Å². The molecule has 3 rings (SSSR count). The fourth-order valence-electron chi connectivity index (χ4n) is 3.18. The smallest absolute Gasteiger partial charge is 0.238 e. The van der Waals surface area contributed by atoms with Crippen LogP contribution in [0.3, 0.4) is 0 Å². The minimum absolute atomic E-state index is 0.0108. The maximum absolute atomic E-state index is 12.4. The van der Waals surface area contributed by atoms with Crippen LogP contribution in [0.25, 0.3) is 0 Å². The molecule has 1 atom stereocenters. The van der Waals surface area contributed by atoms with E-state index in [4.69, 9.17) is 4.74 Å². The highest BCUT2D eigenvalue weighted by Crippen LogP contribution is 2.33. The summed E-state index contributed by atoms with van der Waals surface area (Å²) in [4.78, 5) is 14.7. The molecule has 0 radical (unpaired) electrons. The minimum atomic E-state index is 0.0108. The van der Waals surface area contributed by atoms with Gasteiger partial charge in [0.2, 0.25) is 5.91 Å². The number of anilines is 1. The number of methoxy groups -OCH3 is 1. The van der Waals surface area contributed by atoms with E-state index in [-0.39, 0.29) is 11.9 Å². The molecule has 2 aromatic rings. The summed E-state index contributed by atoms with van der Waals surface area (Å²) in [6.45, 7) is 1.33. The van der Waals surface area contributed by atoms with Gasteiger partial charge in [-0.2, -0.15) is 0 Å². The number of ether oxygens (including phenoxy) is 1. The topological polar surface area (TPSA) is 41.6 Å². The van der Waals surface area contributed by atoms with Crippen molar-refractivity contribution in [2.24, 2.45) is 0 Å². The monoisotopic (exact) mass is 388 g/mol. The Morgan fingerprint density at radius 2 is 2.12 bits per heavy atom. The maximum Gasteiger partial charge on any atom is 0.238 e. The largest absolute Gasteiger partial charge is 0.497 e. The van der Waals surface area contributed by atoms with Gasteiger partial charge in [-0.1, -0.05) is 24.3 Å². The van der Waals surface area contributed by atoms with E-state index in [1.165, 1.54) is 5.56 Å². The van der Waals surface area contributed by atoms with Gasteiger partial charge in [-0.15, -0.1) is 0 Å². The lowest BCUT2D eigenvalue weighted by atomic mass is 10.0. The van der Waals surface area contributed by atoms with E-state index in [0.717, 1.165) is 35.3 Å². The molecule has 24 heavy (non-hydrogen) atoms. The Hall–Kier alpha value is -1.85. The van der Waals surface area contributed by atoms with Crippen LogP contribution in [-0.4, -0.2) is 31.0 Å². The predicted octanol–water partition coefficient (Wildman–Crippen LogP) is 4.23. The Bertz CT molecular complexity index is 720. The van der Waals surface area contributed by atoms with Gasteiger partial charge < -0.3 is 10.1 Å². The molecule has 1 N–H and O–H groups in total. The molecule has 126 valence electrons. The number of benzene rings is 2. The molecule has 0 bridgehead atoms. The number of nitrogens with zero attached hydrogens (tertiary/aromatic N) is 1. The second kappa shape index (κ2) is 7.81. The summed E-state index contributed by atoms with van der Waals surface area (Å²) in [7, 11) is 1.68. The van der Waals surface area contributed by atoms with Gasteiger partial charge in [0.25, 0.3) is 0 Å². The summed E-state index contributed by atoms with van der Waals surface area (Å²) in [5, 5.41) is 2.98.